The van der Waals surface area contributed by atoms with Gasteiger partial charge < -0.3 is 24.9 Å². The third-order valence-corrected chi connectivity index (χ3v) is 6.09. The molecule has 0 aliphatic heterocycles. The molecule has 35 heavy (non-hydrogen) atoms. The summed E-state index contributed by atoms with van der Waals surface area (Å²) in [5, 5.41) is 14.4. The number of amides is 2. The number of carbonyl (C=O) groups is 3. The molecule has 0 saturated carbocycles. The molecule has 8 nitrogen and oxygen atoms in total. The van der Waals surface area contributed by atoms with Crippen molar-refractivity contribution in [2.75, 3.05) is 6.61 Å². The van der Waals surface area contributed by atoms with Gasteiger partial charge in [-0.05, 0) is 54.7 Å². The number of furan rings is 1. The minimum Gasteiger partial charge on any atom is -0.475 e. The van der Waals surface area contributed by atoms with Crippen molar-refractivity contribution in [1.29, 1.82) is 0 Å². The Balaban J connectivity index is 1.25. The fourth-order valence-corrected chi connectivity index (χ4v) is 4.26. The second kappa shape index (κ2) is 10.0. The molecule has 0 unspecified atom stereocenters. The van der Waals surface area contributed by atoms with Crippen LogP contribution >= 0.6 is 0 Å². The fourth-order valence-electron chi connectivity index (χ4n) is 4.26. The summed E-state index contributed by atoms with van der Waals surface area (Å²) in [5.41, 5.74) is 3.95. The minimum absolute atomic E-state index is 0.0229. The van der Waals surface area contributed by atoms with Crippen molar-refractivity contribution in [3.8, 4) is 11.1 Å². The molecule has 2 amide bonds. The Labute approximate surface area is 203 Å². The first-order chi connectivity index (χ1) is 16.7. The minimum atomic E-state index is -1.16. The van der Waals surface area contributed by atoms with E-state index in [1.807, 2.05) is 38.1 Å². The van der Waals surface area contributed by atoms with Crippen LogP contribution in [0.1, 0.15) is 60.0 Å². The number of benzene rings is 2. The quantitative estimate of drug-likeness (QED) is 0.412. The van der Waals surface area contributed by atoms with Crippen LogP contribution in [0.25, 0.3) is 11.1 Å². The van der Waals surface area contributed by atoms with Gasteiger partial charge in [0.2, 0.25) is 11.7 Å². The molecule has 0 spiro atoms. The van der Waals surface area contributed by atoms with Gasteiger partial charge in [-0.2, -0.15) is 0 Å². The molecule has 8 heteroatoms. The van der Waals surface area contributed by atoms with Crippen LogP contribution < -0.4 is 10.6 Å². The maximum Gasteiger partial charge on any atom is 0.407 e. The van der Waals surface area contributed by atoms with Crippen molar-refractivity contribution in [2.45, 2.75) is 44.7 Å². The van der Waals surface area contributed by atoms with Crippen molar-refractivity contribution in [2.24, 2.45) is 0 Å². The summed E-state index contributed by atoms with van der Waals surface area (Å²) in [6.45, 7) is 3.96. The molecule has 3 aromatic rings. The van der Waals surface area contributed by atoms with Crippen molar-refractivity contribution in [3.63, 3.8) is 0 Å². The summed E-state index contributed by atoms with van der Waals surface area (Å²) in [4.78, 5) is 35.6. The van der Waals surface area contributed by atoms with Crippen LogP contribution in [0.3, 0.4) is 0 Å². The van der Waals surface area contributed by atoms with Crippen molar-refractivity contribution < 1.29 is 28.6 Å². The van der Waals surface area contributed by atoms with E-state index in [1.54, 1.807) is 0 Å². The molecule has 0 radical (unpaired) electrons. The average molecular weight is 477 g/mol. The lowest BCUT2D eigenvalue weighted by atomic mass is 9.98. The van der Waals surface area contributed by atoms with Gasteiger partial charge in [0.1, 0.15) is 12.4 Å². The molecule has 0 fully saturated rings. The first kappa shape index (κ1) is 24.1. The molecular weight excluding hydrogens is 448 g/mol. The summed E-state index contributed by atoms with van der Waals surface area (Å²) >= 11 is 0. The molecule has 2 aromatic carbocycles. The Morgan fingerprint density at radius 2 is 1.60 bits per heavy atom. The smallest absolute Gasteiger partial charge is 0.407 e. The maximum absolute atomic E-state index is 12.6. The van der Waals surface area contributed by atoms with Crippen molar-refractivity contribution in [3.05, 3.63) is 83.3 Å². The highest BCUT2D eigenvalue weighted by Gasteiger charge is 2.30. The van der Waals surface area contributed by atoms with E-state index in [1.165, 1.54) is 12.1 Å². The van der Waals surface area contributed by atoms with E-state index in [4.69, 9.17) is 14.3 Å². The predicted molar refractivity (Wildman–Crippen MR) is 129 cm³/mol. The molecule has 1 aliphatic rings. The number of ether oxygens (including phenoxy) is 1. The number of carboxylic acids is 1. The Hall–Kier alpha value is -4.07. The number of rotatable bonds is 9. The number of carbonyl (C=O) groups excluding carboxylic acids is 2. The average Bonchev–Trinajstić information content (AvgIpc) is 3.43. The molecule has 0 bridgehead atoms. The Kier molecular flexibility index (Phi) is 6.91. The summed E-state index contributed by atoms with van der Waals surface area (Å²) in [7, 11) is 0. The number of nitrogens with one attached hydrogen (secondary N) is 2. The van der Waals surface area contributed by atoms with Crippen molar-refractivity contribution >= 4 is 18.0 Å². The standard InChI is InChI=1S/C27H28N2O6/c1-27(2,14-13-24(30)28-15-17-11-12-23(35-17)25(31)32)29-26(33)34-16-22-20-9-5-3-7-18(20)19-8-4-6-10-21(19)22/h3-12,22H,13-16H2,1-2H3,(H,28,30)(H,29,33)(H,31,32). The highest BCUT2D eigenvalue weighted by atomic mass is 16.5. The molecule has 3 N–H and O–H groups in total. The Morgan fingerprint density at radius 3 is 2.20 bits per heavy atom. The van der Waals surface area contributed by atoms with E-state index in [-0.39, 0.29) is 37.2 Å². The fraction of sp³-hybridized carbons (Fsp3) is 0.296. The van der Waals surface area contributed by atoms with Crippen molar-refractivity contribution in [1.82, 2.24) is 10.6 Å². The van der Waals surface area contributed by atoms with Gasteiger partial charge in [0, 0.05) is 17.9 Å². The Bertz CT molecular complexity index is 1200. The van der Waals surface area contributed by atoms with Crippen LogP contribution in [0.2, 0.25) is 0 Å². The highest BCUT2D eigenvalue weighted by molar-refractivity contribution is 5.84. The number of alkyl carbamates (subject to hydrolysis) is 1. The summed E-state index contributed by atoms with van der Waals surface area (Å²) in [6, 6.07) is 19.1. The van der Waals surface area contributed by atoms with E-state index in [2.05, 4.69) is 34.9 Å². The molecule has 0 atom stereocenters. The first-order valence-electron chi connectivity index (χ1n) is 11.5. The second-order valence-electron chi connectivity index (χ2n) is 9.18. The molecule has 1 aliphatic carbocycles. The lowest BCUT2D eigenvalue weighted by Gasteiger charge is -2.26. The normalized spacial score (nSPS) is 12.5. The third kappa shape index (κ3) is 5.71. The van der Waals surface area contributed by atoms with E-state index < -0.39 is 17.6 Å². The molecule has 1 heterocycles. The Morgan fingerprint density at radius 1 is 0.971 bits per heavy atom. The largest absolute Gasteiger partial charge is 0.475 e. The number of aromatic carboxylic acids is 1. The number of fused-ring (bicyclic) bond motifs is 3. The van der Waals surface area contributed by atoms with Gasteiger partial charge >= 0.3 is 12.1 Å². The number of carboxylic acid groups (broad SMARTS) is 1. The second-order valence-corrected chi connectivity index (χ2v) is 9.18. The SMILES string of the molecule is CC(C)(CCC(=O)NCc1ccc(C(=O)O)o1)NC(=O)OCC1c2ccccc2-c2ccccc21. The predicted octanol–water partition coefficient (Wildman–Crippen LogP) is 4.69. The van der Waals surface area contributed by atoms with E-state index in [0.29, 0.717) is 12.2 Å². The van der Waals surface area contributed by atoms with Gasteiger partial charge in [0.05, 0.1) is 6.54 Å². The molecule has 1 aromatic heterocycles. The van der Waals surface area contributed by atoms with Crippen LogP contribution in [-0.4, -0.2) is 35.2 Å². The molecule has 0 saturated heterocycles. The highest BCUT2D eigenvalue weighted by Crippen LogP contribution is 2.44. The van der Waals surface area contributed by atoms with Crippen LogP contribution in [0.15, 0.2) is 65.1 Å². The molecule has 182 valence electrons. The van der Waals surface area contributed by atoms with Gasteiger partial charge in [0.15, 0.2) is 0 Å². The zero-order valence-electron chi connectivity index (χ0n) is 19.7. The van der Waals surface area contributed by atoms with Gasteiger partial charge in [-0.15, -0.1) is 0 Å². The third-order valence-electron chi connectivity index (χ3n) is 6.09. The summed E-state index contributed by atoms with van der Waals surface area (Å²) < 4.78 is 10.7. The van der Waals surface area contributed by atoms with Crippen LogP contribution in [0, 0.1) is 0 Å². The van der Waals surface area contributed by atoms with Crippen LogP contribution in [0.4, 0.5) is 4.79 Å². The van der Waals surface area contributed by atoms with Gasteiger partial charge in [-0.3, -0.25) is 4.79 Å². The number of hydrogen-bond donors (Lipinski definition) is 3. The monoisotopic (exact) mass is 476 g/mol. The van der Waals surface area contributed by atoms with Crippen LogP contribution in [-0.2, 0) is 16.1 Å². The zero-order valence-corrected chi connectivity index (χ0v) is 19.7. The van der Waals surface area contributed by atoms with E-state index in [9.17, 15) is 14.4 Å². The van der Waals surface area contributed by atoms with E-state index >= 15 is 0 Å². The topological polar surface area (TPSA) is 118 Å². The molecule has 4 rings (SSSR count). The van der Waals surface area contributed by atoms with Gasteiger partial charge in [-0.25, -0.2) is 9.59 Å². The number of hydrogen-bond acceptors (Lipinski definition) is 5. The summed E-state index contributed by atoms with van der Waals surface area (Å²) in [6.07, 6.45) is 0.0269. The summed E-state index contributed by atoms with van der Waals surface area (Å²) in [5.74, 6) is -1.25. The lowest BCUT2D eigenvalue weighted by molar-refractivity contribution is -0.121. The maximum atomic E-state index is 12.6. The van der Waals surface area contributed by atoms with Gasteiger partial charge in [0.25, 0.3) is 0 Å². The van der Waals surface area contributed by atoms with Crippen LogP contribution in [0.5, 0.6) is 0 Å². The zero-order chi connectivity index (χ0) is 25.0. The van der Waals surface area contributed by atoms with Gasteiger partial charge in [-0.1, -0.05) is 48.5 Å². The van der Waals surface area contributed by atoms with E-state index in [0.717, 1.165) is 22.3 Å². The lowest BCUT2D eigenvalue weighted by Crippen LogP contribution is -2.44. The first-order valence-corrected chi connectivity index (χ1v) is 11.5. The molecular formula is C27H28N2O6.